The molecule has 4 heteroatoms. The number of fused-ring (bicyclic) bond motifs is 1. The average Bonchev–Trinajstić information content (AvgIpc) is 2.40. The molecule has 0 saturated carbocycles. The molecule has 0 aliphatic carbocycles. The zero-order valence-electron chi connectivity index (χ0n) is 9.64. The fourth-order valence-electron chi connectivity index (χ4n) is 2.33. The van der Waals surface area contributed by atoms with Crippen LogP contribution in [0.15, 0.2) is 47.6 Å². The molecular weight excluding hydrogens is 266 g/mol. The molecule has 0 fully saturated rings. The number of halogens is 1. The van der Waals surface area contributed by atoms with Crippen LogP contribution in [0, 0.1) is 0 Å². The summed E-state index contributed by atoms with van der Waals surface area (Å²) in [6, 6.07) is 9.41. The number of hydrogen-bond donors (Lipinski definition) is 1. The molecule has 1 aliphatic heterocycles. The Kier molecular flexibility index (Phi) is 3.06. The topological polar surface area (TPSA) is 33.1 Å². The van der Waals surface area contributed by atoms with Gasteiger partial charge >= 0.3 is 0 Å². The van der Waals surface area contributed by atoms with E-state index in [1.165, 1.54) is 0 Å². The van der Waals surface area contributed by atoms with Gasteiger partial charge in [0.2, 0.25) is 0 Å². The van der Waals surface area contributed by atoms with Gasteiger partial charge < -0.3 is 5.11 Å². The molecular formula is C14H12ClNOS. The summed E-state index contributed by atoms with van der Waals surface area (Å²) in [5.74, 6) is 0.881. The maximum atomic E-state index is 11.0. The van der Waals surface area contributed by atoms with Crippen molar-refractivity contribution in [2.45, 2.75) is 16.9 Å². The minimum Gasteiger partial charge on any atom is -0.380 e. The summed E-state index contributed by atoms with van der Waals surface area (Å²) < 4.78 is 0. The molecule has 92 valence electrons. The lowest BCUT2D eigenvalue weighted by Crippen LogP contribution is -2.31. The highest BCUT2D eigenvalue weighted by atomic mass is 35.5. The van der Waals surface area contributed by atoms with Gasteiger partial charge in [-0.1, -0.05) is 17.7 Å². The first kappa shape index (κ1) is 12.0. The average molecular weight is 278 g/mol. The van der Waals surface area contributed by atoms with E-state index in [9.17, 15) is 5.11 Å². The van der Waals surface area contributed by atoms with Gasteiger partial charge in [-0.15, -0.1) is 11.8 Å². The van der Waals surface area contributed by atoms with Crippen LogP contribution >= 0.6 is 23.4 Å². The molecule has 2 aromatic rings. The van der Waals surface area contributed by atoms with Crippen molar-refractivity contribution in [1.29, 1.82) is 0 Å². The second-order valence-electron chi connectivity index (χ2n) is 4.34. The fourth-order valence-corrected chi connectivity index (χ4v) is 3.78. The summed E-state index contributed by atoms with van der Waals surface area (Å²) in [7, 11) is 0. The molecule has 0 spiro atoms. The molecule has 2 nitrogen and oxygen atoms in total. The highest BCUT2D eigenvalue weighted by molar-refractivity contribution is 7.99. The van der Waals surface area contributed by atoms with Crippen molar-refractivity contribution in [2.75, 3.05) is 5.75 Å². The summed E-state index contributed by atoms with van der Waals surface area (Å²) in [6.07, 6.45) is 4.13. The monoisotopic (exact) mass is 277 g/mol. The van der Waals surface area contributed by atoms with Crippen molar-refractivity contribution >= 4 is 23.4 Å². The van der Waals surface area contributed by atoms with Crippen LogP contribution in [0.5, 0.6) is 0 Å². The first-order chi connectivity index (χ1) is 8.70. The quantitative estimate of drug-likeness (QED) is 0.866. The smallest absolute Gasteiger partial charge is 0.117 e. The van der Waals surface area contributed by atoms with E-state index in [4.69, 9.17) is 11.6 Å². The zero-order chi connectivity index (χ0) is 12.6. The third kappa shape index (κ3) is 1.92. The van der Waals surface area contributed by atoms with Crippen LogP contribution in [0.2, 0.25) is 5.02 Å². The lowest BCUT2D eigenvalue weighted by Gasteiger charge is -2.34. The van der Waals surface area contributed by atoms with Gasteiger partial charge in [0, 0.05) is 33.6 Å². The molecule has 1 N–H and O–H groups in total. The lowest BCUT2D eigenvalue weighted by atomic mass is 9.84. The van der Waals surface area contributed by atoms with E-state index in [2.05, 4.69) is 4.98 Å². The first-order valence-electron chi connectivity index (χ1n) is 5.76. The van der Waals surface area contributed by atoms with Crippen molar-refractivity contribution in [3.8, 4) is 0 Å². The normalized spacial score (nSPS) is 22.6. The van der Waals surface area contributed by atoms with Gasteiger partial charge in [0.1, 0.15) is 5.60 Å². The van der Waals surface area contributed by atoms with Gasteiger partial charge in [-0.25, -0.2) is 0 Å². The summed E-state index contributed by atoms with van der Waals surface area (Å²) in [4.78, 5) is 5.07. The standard InChI is InChI=1S/C14H12ClNOS/c15-11-1-2-12-13(9-11)18-8-5-14(12,17)10-3-6-16-7-4-10/h1-4,6-7,9,17H,5,8H2. The van der Waals surface area contributed by atoms with Crippen LogP contribution in [0.4, 0.5) is 0 Å². The van der Waals surface area contributed by atoms with Crippen LogP contribution < -0.4 is 0 Å². The van der Waals surface area contributed by atoms with Gasteiger partial charge in [-0.2, -0.15) is 0 Å². The number of hydrogen-bond acceptors (Lipinski definition) is 3. The van der Waals surface area contributed by atoms with Crippen molar-refractivity contribution < 1.29 is 5.11 Å². The summed E-state index contributed by atoms with van der Waals surface area (Å²) in [5, 5.41) is 11.7. The molecule has 18 heavy (non-hydrogen) atoms. The third-order valence-electron chi connectivity index (χ3n) is 3.27. The minimum atomic E-state index is -0.923. The Morgan fingerprint density at radius 3 is 2.78 bits per heavy atom. The van der Waals surface area contributed by atoms with Gasteiger partial charge in [0.15, 0.2) is 0 Å². The van der Waals surface area contributed by atoms with Gasteiger partial charge in [0.05, 0.1) is 0 Å². The van der Waals surface area contributed by atoms with Crippen LogP contribution in [0.25, 0.3) is 0 Å². The fraction of sp³-hybridized carbons (Fsp3) is 0.214. The highest BCUT2D eigenvalue weighted by Crippen LogP contribution is 2.44. The van der Waals surface area contributed by atoms with Crippen molar-refractivity contribution in [3.05, 3.63) is 58.9 Å². The number of thioether (sulfide) groups is 1. The van der Waals surface area contributed by atoms with Crippen LogP contribution in [-0.2, 0) is 5.60 Å². The van der Waals surface area contributed by atoms with E-state index >= 15 is 0 Å². The lowest BCUT2D eigenvalue weighted by molar-refractivity contribution is 0.0731. The van der Waals surface area contributed by atoms with Gasteiger partial charge in [0.25, 0.3) is 0 Å². The molecule has 1 aliphatic rings. The van der Waals surface area contributed by atoms with Crippen molar-refractivity contribution in [3.63, 3.8) is 0 Å². The van der Waals surface area contributed by atoms with E-state index < -0.39 is 5.60 Å². The Morgan fingerprint density at radius 1 is 1.22 bits per heavy atom. The minimum absolute atomic E-state index is 0.705. The molecule has 0 saturated heterocycles. The number of pyridine rings is 1. The number of benzene rings is 1. The Balaban J connectivity index is 2.16. The predicted octanol–water partition coefficient (Wildman–Crippen LogP) is 3.47. The van der Waals surface area contributed by atoms with E-state index in [0.29, 0.717) is 11.4 Å². The predicted molar refractivity (Wildman–Crippen MR) is 74.0 cm³/mol. The Bertz CT molecular complexity index is 575. The van der Waals surface area contributed by atoms with E-state index in [1.54, 1.807) is 24.2 Å². The second-order valence-corrected chi connectivity index (χ2v) is 5.91. The molecule has 0 radical (unpaired) electrons. The van der Waals surface area contributed by atoms with Crippen molar-refractivity contribution in [2.24, 2.45) is 0 Å². The molecule has 2 heterocycles. The summed E-state index contributed by atoms with van der Waals surface area (Å²) in [6.45, 7) is 0. The van der Waals surface area contributed by atoms with Gasteiger partial charge in [-0.05, 0) is 36.2 Å². The molecule has 1 aromatic heterocycles. The van der Waals surface area contributed by atoms with Crippen LogP contribution in [0.3, 0.4) is 0 Å². The van der Waals surface area contributed by atoms with Crippen molar-refractivity contribution in [1.82, 2.24) is 4.98 Å². The number of aromatic nitrogens is 1. The Morgan fingerprint density at radius 2 is 2.00 bits per heavy atom. The summed E-state index contributed by atoms with van der Waals surface area (Å²) in [5.41, 5.74) is 0.907. The zero-order valence-corrected chi connectivity index (χ0v) is 11.2. The Labute approximate surface area is 115 Å². The summed E-state index contributed by atoms with van der Waals surface area (Å²) >= 11 is 7.75. The molecule has 0 amide bonds. The van der Waals surface area contributed by atoms with E-state index in [0.717, 1.165) is 21.8 Å². The molecule has 3 rings (SSSR count). The van der Waals surface area contributed by atoms with Crippen LogP contribution in [0.1, 0.15) is 17.5 Å². The van der Waals surface area contributed by atoms with E-state index in [-0.39, 0.29) is 0 Å². The number of nitrogens with zero attached hydrogens (tertiary/aromatic N) is 1. The SMILES string of the molecule is OC1(c2ccncc2)CCSc2cc(Cl)ccc21. The Hall–Kier alpha value is -1.03. The largest absolute Gasteiger partial charge is 0.380 e. The molecule has 1 aromatic carbocycles. The van der Waals surface area contributed by atoms with Crippen LogP contribution in [-0.4, -0.2) is 15.8 Å². The van der Waals surface area contributed by atoms with Gasteiger partial charge in [-0.3, -0.25) is 4.98 Å². The number of rotatable bonds is 1. The molecule has 1 atom stereocenters. The second kappa shape index (κ2) is 4.57. The van der Waals surface area contributed by atoms with E-state index in [1.807, 2.05) is 30.3 Å². The third-order valence-corrected chi connectivity index (χ3v) is 4.56. The first-order valence-corrected chi connectivity index (χ1v) is 7.12. The molecule has 0 bridgehead atoms. The number of aliphatic hydroxyl groups is 1. The maximum absolute atomic E-state index is 11.0. The molecule has 1 unspecified atom stereocenters. The maximum Gasteiger partial charge on any atom is 0.117 e. The highest BCUT2D eigenvalue weighted by Gasteiger charge is 2.36.